The van der Waals surface area contributed by atoms with Gasteiger partial charge in [0.2, 0.25) is 5.88 Å². The number of hydrogen-bond acceptors (Lipinski definition) is 6. The number of imidazole rings is 1. The van der Waals surface area contributed by atoms with Gasteiger partial charge in [0.05, 0.1) is 17.7 Å². The Morgan fingerprint density at radius 3 is 2.78 bits per heavy atom. The van der Waals surface area contributed by atoms with Crippen molar-refractivity contribution in [1.82, 2.24) is 25.1 Å². The van der Waals surface area contributed by atoms with Gasteiger partial charge in [-0.15, -0.1) is 10.2 Å². The normalized spacial score (nSPS) is 26.4. The van der Waals surface area contributed by atoms with Crippen LogP contribution in [0, 0.1) is 5.92 Å². The predicted molar refractivity (Wildman–Crippen MR) is 99.8 cm³/mol. The lowest BCUT2D eigenvalue weighted by molar-refractivity contribution is 0.128. The topological polar surface area (TPSA) is 85.1 Å². The number of aromatic hydroxyl groups is 1. The summed E-state index contributed by atoms with van der Waals surface area (Å²) in [7, 11) is 0. The number of rotatable bonds is 4. The number of aromatic nitrogens is 4. The maximum atomic E-state index is 10.4. The zero-order valence-corrected chi connectivity index (χ0v) is 15.0. The van der Waals surface area contributed by atoms with Crippen LogP contribution < -0.4 is 10.1 Å². The van der Waals surface area contributed by atoms with Gasteiger partial charge < -0.3 is 19.7 Å². The van der Waals surface area contributed by atoms with Crippen molar-refractivity contribution in [2.24, 2.45) is 5.92 Å². The summed E-state index contributed by atoms with van der Waals surface area (Å²) in [5, 5.41) is 22.4. The van der Waals surface area contributed by atoms with Crippen molar-refractivity contribution in [3.05, 3.63) is 49.1 Å². The Morgan fingerprint density at radius 2 is 2.15 bits per heavy atom. The summed E-state index contributed by atoms with van der Waals surface area (Å²) >= 11 is 0. The van der Waals surface area contributed by atoms with Gasteiger partial charge in [-0.2, -0.15) is 0 Å². The Labute approximate surface area is 157 Å². The van der Waals surface area contributed by atoms with Crippen LogP contribution in [0.2, 0.25) is 0 Å². The highest BCUT2D eigenvalue weighted by Crippen LogP contribution is 2.41. The molecule has 0 unspecified atom stereocenters. The van der Waals surface area contributed by atoms with Crippen molar-refractivity contribution >= 4 is 0 Å². The molecule has 0 amide bonds. The monoisotopic (exact) mass is 363 g/mol. The Hall–Kier alpha value is -2.93. The lowest BCUT2D eigenvalue weighted by Gasteiger charge is -2.27. The number of hydrogen-bond donors (Lipinski definition) is 2. The second-order valence-electron chi connectivity index (χ2n) is 7.69. The van der Waals surface area contributed by atoms with E-state index in [2.05, 4.69) is 27.4 Å². The molecule has 0 spiro atoms. The molecule has 2 aromatic heterocycles. The summed E-state index contributed by atoms with van der Waals surface area (Å²) in [6.45, 7) is 3.26. The van der Waals surface area contributed by atoms with E-state index < -0.39 is 0 Å². The first-order valence-electron chi connectivity index (χ1n) is 9.17. The van der Waals surface area contributed by atoms with Crippen molar-refractivity contribution in [3.63, 3.8) is 0 Å². The smallest absolute Gasteiger partial charge is 0.233 e. The molecule has 138 valence electrons. The van der Waals surface area contributed by atoms with Crippen molar-refractivity contribution in [3.8, 4) is 28.6 Å². The lowest BCUT2D eigenvalue weighted by atomic mass is 10.0. The third kappa shape index (κ3) is 2.94. The van der Waals surface area contributed by atoms with E-state index in [-0.39, 0.29) is 17.4 Å². The van der Waals surface area contributed by atoms with Crippen LogP contribution in [0.3, 0.4) is 0 Å². The van der Waals surface area contributed by atoms with E-state index >= 15 is 0 Å². The zero-order chi connectivity index (χ0) is 18.4. The van der Waals surface area contributed by atoms with Gasteiger partial charge in [-0.25, -0.2) is 4.98 Å². The van der Waals surface area contributed by atoms with Crippen LogP contribution >= 0.6 is 0 Å². The van der Waals surface area contributed by atoms with Crippen LogP contribution in [-0.4, -0.2) is 43.0 Å². The third-order valence-corrected chi connectivity index (χ3v) is 5.65. The maximum Gasteiger partial charge on any atom is 0.233 e. The molecule has 3 heterocycles. The molecule has 1 saturated heterocycles. The molecule has 1 aliphatic carbocycles. The Balaban J connectivity index is 1.33. The minimum atomic E-state index is 0.149. The van der Waals surface area contributed by atoms with E-state index in [1.165, 1.54) is 0 Å². The molecule has 0 radical (unpaired) electrons. The molecular formula is C20H21N5O2. The summed E-state index contributed by atoms with van der Waals surface area (Å²) in [4.78, 5) is 4.02. The summed E-state index contributed by atoms with van der Waals surface area (Å²) in [5.74, 6) is 1.22. The van der Waals surface area contributed by atoms with Crippen molar-refractivity contribution in [1.29, 1.82) is 0 Å². The molecule has 2 fully saturated rings. The summed E-state index contributed by atoms with van der Waals surface area (Å²) < 4.78 is 7.91. The number of piperidine rings is 1. The average Bonchev–Trinajstić information content (AvgIpc) is 3.38. The quantitative estimate of drug-likeness (QED) is 0.741. The predicted octanol–water partition coefficient (Wildman–Crippen LogP) is 2.55. The zero-order valence-electron chi connectivity index (χ0n) is 15.0. The van der Waals surface area contributed by atoms with Crippen molar-refractivity contribution in [2.45, 2.75) is 31.4 Å². The molecule has 5 rings (SSSR count). The minimum absolute atomic E-state index is 0.149. The van der Waals surface area contributed by atoms with Gasteiger partial charge in [-0.3, -0.25) is 0 Å². The standard InChI is InChI=1S/C20H21N5O2/c1-20-9-13(11-22-20)18(10-20)27-19-5-4-16(23-24-19)15-3-2-14(8-17(15)26)25-7-6-21-12-25/h2-8,12-13,18,22,26H,9-11H2,1H3/t13-,18+,20-/m0/s1. The van der Waals surface area contributed by atoms with E-state index in [9.17, 15) is 5.11 Å². The molecule has 1 aromatic carbocycles. The van der Waals surface area contributed by atoms with Crippen LogP contribution in [-0.2, 0) is 0 Å². The molecule has 2 bridgehead atoms. The number of benzene rings is 1. The Morgan fingerprint density at radius 1 is 1.22 bits per heavy atom. The number of phenols is 1. The lowest BCUT2D eigenvalue weighted by Crippen LogP contribution is -2.43. The Kier molecular flexibility index (Phi) is 3.65. The van der Waals surface area contributed by atoms with Gasteiger partial charge in [0.1, 0.15) is 11.9 Å². The van der Waals surface area contributed by atoms with E-state index in [0.29, 0.717) is 23.1 Å². The second-order valence-corrected chi connectivity index (χ2v) is 7.69. The SMILES string of the molecule is C[C@@]12C[C@@H](CN1)[C@H](Oc1ccc(-c3ccc(-n4ccnc4)cc3O)nn1)C2. The largest absolute Gasteiger partial charge is 0.507 e. The molecule has 2 aliphatic rings. The molecular weight excluding hydrogens is 342 g/mol. The Bertz CT molecular complexity index is 957. The summed E-state index contributed by atoms with van der Waals surface area (Å²) in [6.07, 6.45) is 7.55. The molecule has 7 nitrogen and oxygen atoms in total. The molecule has 1 saturated carbocycles. The third-order valence-electron chi connectivity index (χ3n) is 5.65. The highest BCUT2D eigenvalue weighted by Gasteiger charge is 2.48. The highest BCUT2D eigenvalue weighted by molar-refractivity contribution is 5.68. The van der Waals surface area contributed by atoms with Gasteiger partial charge in [0.15, 0.2) is 0 Å². The molecule has 2 N–H and O–H groups in total. The fourth-order valence-electron chi connectivity index (χ4n) is 4.26. The number of fused-ring (bicyclic) bond motifs is 2. The number of ether oxygens (including phenoxy) is 1. The first-order chi connectivity index (χ1) is 13.1. The van der Waals surface area contributed by atoms with Gasteiger partial charge in [-0.05, 0) is 31.5 Å². The number of nitrogens with one attached hydrogen (secondary N) is 1. The van der Waals surface area contributed by atoms with Crippen LogP contribution in [0.4, 0.5) is 0 Å². The fraction of sp³-hybridized carbons (Fsp3) is 0.350. The van der Waals surface area contributed by atoms with Crippen LogP contribution in [0.1, 0.15) is 19.8 Å². The summed E-state index contributed by atoms with van der Waals surface area (Å²) in [5.41, 5.74) is 2.28. The molecule has 3 atom stereocenters. The molecule has 1 aliphatic heterocycles. The van der Waals surface area contributed by atoms with E-state index in [0.717, 1.165) is 25.1 Å². The average molecular weight is 363 g/mol. The second kappa shape index (κ2) is 6.06. The van der Waals surface area contributed by atoms with Crippen molar-refractivity contribution < 1.29 is 9.84 Å². The van der Waals surface area contributed by atoms with Crippen molar-refractivity contribution in [2.75, 3.05) is 6.54 Å². The number of nitrogens with zero attached hydrogens (tertiary/aromatic N) is 4. The maximum absolute atomic E-state index is 10.4. The summed E-state index contributed by atoms with van der Waals surface area (Å²) in [6, 6.07) is 9.09. The first-order valence-corrected chi connectivity index (χ1v) is 9.17. The number of phenolic OH excluding ortho intramolecular Hbond substituents is 1. The van der Waals surface area contributed by atoms with E-state index in [1.54, 1.807) is 18.6 Å². The first kappa shape index (κ1) is 16.3. The van der Waals surface area contributed by atoms with Gasteiger partial charge >= 0.3 is 0 Å². The van der Waals surface area contributed by atoms with Gasteiger partial charge in [0, 0.05) is 54.5 Å². The van der Waals surface area contributed by atoms with Crippen LogP contribution in [0.25, 0.3) is 16.9 Å². The highest BCUT2D eigenvalue weighted by atomic mass is 16.5. The fourth-order valence-corrected chi connectivity index (χ4v) is 4.26. The molecule has 27 heavy (non-hydrogen) atoms. The van der Waals surface area contributed by atoms with Crippen LogP contribution in [0.5, 0.6) is 11.6 Å². The minimum Gasteiger partial charge on any atom is -0.507 e. The van der Waals surface area contributed by atoms with E-state index in [1.807, 2.05) is 35.0 Å². The molecule has 7 heteroatoms. The molecule has 3 aromatic rings. The van der Waals surface area contributed by atoms with Gasteiger partial charge in [0.25, 0.3) is 0 Å². The van der Waals surface area contributed by atoms with E-state index in [4.69, 9.17) is 4.74 Å². The van der Waals surface area contributed by atoms with Gasteiger partial charge in [-0.1, -0.05) is 0 Å². The van der Waals surface area contributed by atoms with Crippen LogP contribution in [0.15, 0.2) is 49.1 Å².